The lowest BCUT2D eigenvalue weighted by Crippen LogP contribution is -2.28. The zero-order valence-corrected chi connectivity index (χ0v) is 12.1. The number of fused-ring (bicyclic) bond motifs is 1. The molecule has 19 heavy (non-hydrogen) atoms. The lowest BCUT2D eigenvalue weighted by molar-refractivity contribution is 0.0530. The van der Waals surface area contributed by atoms with Crippen LogP contribution in [-0.4, -0.2) is 18.4 Å². The summed E-state index contributed by atoms with van der Waals surface area (Å²) in [4.78, 5) is 24.7. The zero-order chi connectivity index (χ0) is 14.2. The highest BCUT2D eigenvalue weighted by Gasteiger charge is 2.37. The van der Waals surface area contributed by atoms with Crippen molar-refractivity contribution < 1.29 is 14.3 Å². The Balaban J connectivity index is 2.54. The number of Topliss-reactive ketones (excluding diaryl/α,β-unsaturated/α-hetero) is 1. The molecule has 1 aliphatic rings. The largest absolute Gasteiger partial charge is 0.462 e. The predicted molar refractivity (Wildman–Crippen MR) is 74.5 cm³/mol. The van der Waals surface area contributed by atoms with E-state index in [1.807, 2.05) is 13.8 Å². The van der Waals surface area contributed by atoms with E-state index in [9.17, 15) is 9.59 Å². The SMILES string of the molecule is CCOC(=O)c1sc(NN)c2c1CC(C)(C)CC2=O. The van der Waals surface area contributed by atoms with Gasteiger partial charge in [-0.15, -0.1) is 11.3 Å². The number of rotatable bonds is 3. The first kappa shape index (κ1) is 14.0. The highest BCUT2D eigenvalue weighted by atomic mass is 32.1. The average Bonchev–Trinajstić information content (AvgIpc) is 2.66. The number of nitrogens with one attached hydrogen (secondary N) is 1. The summed E-state index contributed by atoms with van der Waals surface area (Å²) in [6.45, 7) is 6.12. The van der Waals surface area contributed by atoms with Gasteiger partial charge in [-0.3, -0.25) is 4.79 Å². The van der Waals surface area contributed by atoms with Gasteiger partial charge in [0.15, 0.2) is 5.78 Å². The van der Waals surface area contributed by atoms with E-state index in [4.69, 9.17) is 10.6 Å². The van der Waals surface area contributed by atoms with Crippen LogP contribution in [0.3, 0.4) is 0 Å². The van der Waals surface area contributed by atoms with Crippen molar-refractivity contribution >= 4 is 28.1 Å². The minimum Gasteiger partial charge on any atom is -0.462 e. The molecule has 1 aliphatic carbocycles. The Bertz CT molecular complexity index is 534. The van der Waals surface area contributed by atoms with Crippen molar-refractivity contribution in [3.05, 3.63) is 16.0 Å². The van der Waals surface area contributed by atoms with E-state index < -0.39 is 0 Å². The normalized spacial score (nSPS) is 16.9. The molecule has 1 heterocycles. The monoisotopic (exact) mass is 282 g/mol. The second kappa shape index (κ2) is 4.94. The second-order valence-corrected chi connectivity index (χ2v) is 6.44. The zero-order valence-electron chi connectivity index (χ0n) is 11.3. The van der Waals surface area contributed by atoms with Crippen LogP contribution in [0.25, 0.3) is 0 Å². The molecule has 0 unspecified atom stereocenters. The number of ketones is 1. The molecule has 104 valence electrons. The van der Waals surface area contributed by atoms with Gasteiger partial charge in [0.2, 0.25) is 0 Å². The third-order valence-corrected chi connectivity index (χ3v) is 4.32. The van der Waals surface area contributed by atoms with Gasteiger partial charge in [0, 0.05) is 6.42 Å². The van der Waals surface area contributed by atoms with Gasteiger partial charge in [0.25, 0.3) is 0 Å². The first-order valence-corrected chi connectivity index (χ1v) is 7.04. The Hall–Kier alpha value is -1.40. The Morgan fingerprint density at radius 1 is 1.47 bits per heavy atom. The molecule has 0 aliphatic heterocycles. The number of anilines is 1. The predicted octanol–water partition coefficient (Wildman–Crippen LogP) is 2.37. The molecule has 0 radical (unpaired) electrons. The van der Waals surface area contributed by atoms with E-state index in [1.54, 1.807) is 6.92 Å². The Labute approximate surface area is 116 Å². The number of carbonyl (C=O) groups excluding carboxylic acids is 2. The summed E-state index contributed by atoms with van der Waals surface area (Å²) in [5.74, 6) is 5.10. The first-order valence-electron chi connectivity index (χ1n) is 6.22. The van der Waals surface area contributed by atoms with Crippen LogP contribution in [0, 0.1) is 5.41 Å². The number of carbonyl (C=O) groups is 2. The summed E-state index contributed by atoms with van der Waals surface area (Å²) in [7, 11) is 0. The highest BCUT2D eigenvalue weighted by molar-refractivity contribution is 7.18. The maximum absolute atomic E-state index is 12.2. The van der Waals surface area contributed by atoms with Crippen LogP contribution in [0.1, 0.15) is 52.8 Å². The molecular formula is C13H18N2O3S. The molecule has 0 spiro atoms. The number of thiophene rings is 1. The van der Waals surface area contributed by atoms with Crippen LogP contribution in [0.15, 0.2) is 0 Å². The summed E-state index contributed by atoms with van der Waals surface area (Å²) < 4.78 is 5.05. The van der Waals surface area contributed by atoms with Crippen molar-refractivity contribution in [3.63, 3.8) is 0 Å². The minimum absolute atomic E-state index is 0.0333. The van der Waals surface area contributed by atoms with Gasteiger partial charge in [-0.2, -0.15) is 0 Å². The fraction of sp³-hybridized carbons (Fsp3) is 0.538. The van der Waals surface area contributed by atoms with Crippen molar-refractivity contribution in [3.8, 4) is 0 Å². The van der Waals surface area contributed by atoms with Crippen LogP contribution in [0.4, 0.5) is 5.00 Å². The summed E-state index contributed by atoms with van der Waals surface area (Å²) in [6, 6.07) is 0. The number of esters is 1. The lowest BCUT2D eigenvalue weighted by Gasteiger charge is -2.29. The summed E-state index contributed by atoms with van der Waals surface area (Å²) in [5.41, 5.74) is 3.72. The van der Waals surface area contributed by atoms with Crippen LogP contribution in [-0.2, 0) is 11.2 Å². The molecule has 0 atom stereocenters. The first-order chi connectivity index (χ1) is 8.89. The van der Waals surface area contributed by atoms with Gasteiger partial charge in [-0.25, -0.2) is 10.6 Å². The molecule has 0 saturated carbocycles. The lowest BCUT2D eigenvalue weighted by atomic mass is 9.74. The topological polar surface area (TPSA) is 81.4 Å². The molecule has 0 amide bonds. The molecule has 0 aromatic carbocycles. The number of hydrogen-bond acceptors (Lipinski definition) is 6. The van der Waals surface area contributed by atoms with Gasteiger partial charge >= 0.3 is 5.97 Å². The molecule has 0 fully saturated rings. The van der Waals surface area contributed by atoms with Gasteiger partial charge in [-0.05, 0) is 24.3 Å². The second-order valence-electron chi connectivity index (χ2n) is 5.42. The Kier molecular flexibility index (Phi) is 3.64. The highest BCUT2D eigenvalue weighted by Crippen LogP contribution is 2.43. The average molecular weight is 282 g/mol. The summed E-state index contributed by atoms with van der Waals surface area (Å²) >= 11 is 1.20. The maximum Gasteiger partial charge on any atom is 0.348 e. The third-order valence-electron chi connectivity index (χ3n) is 3.17. The minimum atomic E-state index is -0.379. The van der Waals surface area contributed by atoms with Gasteiger partial charge in [-0.1, -0.05) is 13.8 Å². The summed E-state index contributed by atoms with van der Waals surface area (Å²) in [6.07, 6.45) is 1.15. The number of nitrogens with two attached hydrogens (primary N) is 1. The van der Waals surface area contributed by atoms with Crippen LogP contribution < -0.4 is 11.3 Å². The molecule has 2 rings (SSSR count). The van der Waals surface area contributed by atoms with Crippen LogP contribution in [0.2, 0.25) is 0 Å². The Morgan fingerprint density at radius 3 is 2.74 bits per heavy atom. The van der Waals surface area contributed by atoms with E-state index in [0.717, 1.165) is 5.56 Å². The van der Waals surface area contributed by atoms with E-state index in [1.165, 1.54) is 11.3 Å². The van der Waals surface area contributed by atoms with E-state index >= 15 is 0 Å². The molecular weight excluding hydrogens is 264 g/mol. The molecule has 5 nitrogen and oxygen atoms in total. The van der Waals surface area contributed by atoms with Crippen molar-refractivity contribution in [1.29, 1.82) is 0 Å². The van der Waals surface area contributed by atoms with Gasteiger partial charge in [0.1, 0.15) is 9.88 Å². The van der Waals surface area contributed by atoms with Gasteiger partial charge < -0.3 is 10.2 Å². The van der Waals surface area contributed by atoms with Crippen molar-refractivity contribution in [1.82, 2.24) is 0 Å². The van der Waals surface area contributed by atoms with E-state index in [2.05, 4.69) is 5.43 Å². The number of ether oxygens (including phenoxy) is 1. The van der Waals surface area contributed by atoms with E-state index in [0.29, 0.717) is 34.9 Å². The quantitative estimate of drug-likeness (QED) is 0.505. The fourth-order valence-electron chi connectivity index (χ4n) is 2.46. The van der Waals surface area contributed by atoms with E-state index in [-0.39, 0.29) is 17.2 Å². The molecule has 6 heteroatoms. The molecule has 0 saturated heterocycles. The smallest absolute Gasteiger partial charge is 0.348 e. The van der Waals surface area contributed by atoms with Crippen molar-refractivity contribution in [2.45, 2.75) is 33.6 Å². The molecule has 3 N–H and O–H groups in total. The number of hydrazine groups is 1. The molecule has 1 aromatic rings. The number of nitrogen functional groups attached to an aromatic ring is 1. The van der Waals surface area contributed by atoms with Crippen molar-refractivity contribution in [2.24, 2.45) is 11.3 Å². The number of hydrogen-bond donors (Lipinski definition) is 2. The fourth-order valence-corrected chi connectivity index (χ4v) is 3.50. The molecule has 1 aromatic heterocycles. The Morgan fingerprint density at radius 2 is 2.16 bits per heavy atom. The molecule has 0 bridgehead atoms. The maximum atomic E-state index is 12.2. The van der Waals surface area contributed by atoms with Crippen molar-refractivity contribution in [2.75, 3.05) is 12.0 Å². The third kappa shape index (κ3) is 2.50. The van der Waals surface area contributed by atoms with Crippen LogP contribution >= 0.6 is 11.3 Å². The van der Waals surface area contributed by atoms with Gasteiger partial charge in [0.05, 0.1) is 12.2 Å². The standard InChI is InChI=1S/C13H18N2O3S/c1-4-18-12(17)10-7-5-13(2,3)6-8(16)9(7)11(15-14)19-10/h15H,4-6,14H2,1-3H3. The van der Waals surface area contributed by atoms with Crippen LogP contribution in [0.5, 0.6) is 0 Å². The summed E-state index contributed by atoms with van der Waals surface area (Å²) in [5, 5.41) is 0.554.